The molecule has 1 nitrogen and oxygen atoms in total. The third-order valence-corrected chi connectivity index (χ3v) is 3.26. The average molecular weight is 283 g/mol. The lowest BCUT2D eigenvalue weighted by atomic mass is 9.97. The maximum absolute atomic E-state index is 13.5. The van der Waals surface area contributed by atoms with E-state index in [0.29, 0.717) is 10.6 Å². The molecule has 19 heavy (non-hydrogen) atoms. The van der Waals surface area contributed by atoms with Crippen LogP contribution in [-0.2, 0) is 6.42 Å². The fraction of sp³-hybridized carbons (Fsp3) is 0.200. The van der Waals surface area contributed by atoms with Crippen molar-refractivity contribution in [3.8, 4) is 0 Å². The lowest BCUT2D eigenvalue weighted by molar-refractivity contribution is 0.176. The molecule has 0 bridgehead atoms. The summed E-state index contributed by atoms with van der Waals surface area (Å²) in [6.07, 6.45) is -0.800. The first kappa shape index (κ1) is 14.0. The Morgan fingerprint density at radius 3 is 2.58 bits per heavy atom. The lowest BCUT2D eigenvalue weighted by Gasteiger charge is -2.14. The van der Waals surface area contributed by atoms with E-state index in [1.165, 1.54) is 12.1 Å². The van der Waals surface area contributed by atoms with Crippen LogP contribution in [0.4, 0.5) is 8.78 Å². The molecule has 0 aromatic heterocycles. The zero-order valence-corrected chi connectivity index (χ0v) is 11.1. The summed E-state index contributed by atoms with van der Waals surface area (Å²) >= 11 is 5.88. The molecule has 0 spiro atoms. The molecule has 0 heterocycles. The number of aliphatic hydroxyl groups excluding tert-OH is 1. The number of halogens is 3. The van der Waals surface area contributed by atoms with E-state index in [1.807, 2.05) is 6.92 Å². The van der Waals surface area contributed by atoms with Gasteiger partial charge in [0.05, 0.1) is 6.10 Å². The van der Waals surface area contributed by atoms with Crippen molar-refractivity contribution in [2.75, 3.05) is 0 Å². The van der Waals surface area contributed by atoms with Crippen LogP contribution in [0, 0.1) is 18.6 Å². The standard InChI is InChI=1S/C15H13ClF2O/c1-9-2-4-11(16)7-13(9)15(19)6-10-3-5-12(17)8-14(10)18/h2-5,7-8,15,19H,6H2,1H3. The third-order valence-electron chi connectivity index (χ3n) is 3.03. The van der Waals surface area contributed by atoms with Gasteiger partial charge < -0.3 is 5.11 Å². The van der Waals surface area contributed by atoms with Gasteiger partial charge in [0, 0.05) is 17.5 Å². The van der Waals surface area contributed by atoms with Crippen LogP contribution in [0.3, 0.4) is 0 Å². The number of rotatable bonds is 3. The van der Waals surface area contributed by atoms with E-state index in [2.05, 4.69) is 0 Å². The van der Waals surface area contributed by atoms with Crippen LogP contribution in [0.1, 0.15) is 22.8 Å². The Balaban J connectivity index is 2.25. The second-order valence-electron chi connectivity index (χ2n) is 4.46. The third kappa shape index (κ3) is 3.31. The van der Waals surface area contributed by atoms with Gasteiger partial charge in [-0.3, -0.25) is 0 Å². The first-order valence-corrected chi connectivity index (χ1v) is 6.23. The molecule has 1 atom stereocenters. The Morgan fingerprint density at radius 2 is 1.89 bits per heavy atom. The van der Waals surface area contributed by atoms with Crippen molar-refractivity contribution >= 4 is 11.6 Å². The first-order valence-electron chi connectivity index (χ1n) is 5.85. The summed E-state index contributed by atoms with van der Waals surface area (Å²) in [6, 6.07) is 8.51. The van der Waals surface area contributed by atoms with E-state index in [1.54, 1.807) is 18.2 Å². The Hall–Kier alpha value is -1.45. The molecule has 4 heteroatoms. The van der Waals surface area contributed by atoms with Gasteiger partial charge >= 0.3 is 0 Å². The quantitative estimate of drug-likeness (QED) is 0.894. The van der Waals surface area contributed by atoms with Crippen molar-refractivity contribution in [2.45, 2.75) is 19.4 Å². The highest BCUT2D eigenvalue weighted by Crippen LogP contribution is 2.25. The van der Waals surface area contributed by atoms with Gasteiger partial charge in [0.1, 0.15) is 11.6 Å². The van der Waals surface area contributed by atoms with Crippen molar-refractivity contribution in [1.82, 2.24) is 0 Å². The molecule has 0 amide bonds. The van der Waals surface area contributed by atoms with Crippen LogP contribution in [-0.4, -0.2) is 5.11 Å². The van der Waals surface area contributed by atoms with E-state index in [-0.39, 0.29) is 12.0 Å². The molecule has 0 radical (unpaired) electrons. The van der Waals surface area contributed by atoms with Crippen LogP contribution in [0.5, 0.6) is 0 Å². The number of aryl methyl sites for hydroxylation is 1. The van der Waals surface area contributed by atoms with E-state index >= 15 is 0 Å². The van der Waals surface area contributed by atoms with Crippen molar-refractivity contribution in [2.24, 2.45) is 0 Å². The lowest BCUT2D eigenvalue weighted by Crippen LogP contribution is -2.05. The van der Waals surface area contributed by atoms with Crippen molar-refractivity contribution in [3.63, 3.8) is 0 Å². The summed E-state index contributed by atoms with van der Waals surface area (Å²) in [7, 11) is 0. The van der Waals surface area contributed by atoms with Gasteiger partial charge in [0.15, 0.2) is 0 Å². The Bertz CT molecular complexity index is 599. The summed E-state index contributed by atoms with van der Waals surface area (Å²) in [6.45, 7) is 1.84. The smallest absolute Gasteiger partial charge is 0.129 e. The van der Waals surface area contributed by atoms with Crippen LogP contribution >= 0.6 is 11.6 Å². The predicted molar refractivity (Wildman–Crippen MR) is 71.2 cm³/mol. The van der Waals surface area contributed by atoms with Crippen molar-refractivity contribution in [3.05, 3.63) is 69.7 Å². The topological polar surface area (TPSA) is 20.2 Å². The number of aliphatic hydroxyl groups is 1. The molecule has 0 saturated carbocycles. The largest absolute Gasteiger partial charge is 0.388 e. The summed E-state index contributed by atoms with van der Waals surface area (Å²) in [5.74, 6) is -1.28. The van der Waals surface area contributed by atoms with Crippen LogP contribution in [0.2, 0.25) is 5.02 Å². The molecule has 100 valence electrons. The minimum Gasteiger partial charge on any atom is -0.388 e. The highest BCUT2D eigenvalue weighted by Gasteiger charge is 2.14. The Kier molecular flexibility index (Phi) is 4.17. The number of hydrogen-bond donors (Lipinski definition) is 1. The zero-order valence-electron chi connectivity index (χ0n) is 10.3. The number of hydrogen-bond acceptors (Lipinski definition) is 1. The fourth-order valence-electron chi connectivity index (χ4n) is 1.98. The van der Waals surface area contributed by atoms with Gasteiger partial charge in [0.25, 0.3) is 0 Å². The normalized spacial score (nSPS) is 12.5. The van der Waals surface area contributed by atoms with E-state index in [0.717, 1.165) is 11.6 Å². The van der Waals surface area contributed by atoms with E-state index in [9.17, 15) is 13.9 Å². The second-order valence-corrected chi connectivity index (χ2v) is 4.89. The second kappa shape index (κ2) is 5.68. The molecular weight excluding hydrogens is 270 g/mol. The minimum absolute atomic E-state index is 0.0767. The minimum atomic E-state index is -0.876. The van der Waals surface area contributed by atoms with E-state index in [4.69, 9.17) is 11.6 Å². The summed E-state index contributed by atoms with van der Waals surface area (Å²) < 4.78 is 26.3. The molecule has 2 rings (SSSR count). The number of benzene rings is 2. The van der Waals surface area contributed by atoms with Gasteiger partial charge in [-0.25, -0.2) is 8.78 Å². The first-order chi connectivity index (χ1) is 8.97. The zero-order chi connectivity index (χ0) is 14.0. The van der Waals surface area contributed by atoms with Crippen LogP contribution in [0.25, 0.3) is 0 Å². The maximum Gasteiger partial charge on any atom is 0.129 e. The molecule has 2 aromatic rings. The monoisotopic (exact) mass is 282 g/mol. The van der Waals surface area contributed by atoms with Gasteiger partial charge in [-0.15, -0.1) is 0 Å². The molecular formula is C15H13ClF2O. The predicted octanol–water partition coefficient (Wildman–Crippen LogP) is 4.20. The van der Waals surface area contributed by atoms with Crippen LogP contribution in [0.15, 0.2) is 36.4 Å². The van der Waals surface area contributed by atoms with Crippen molar-refractivity contribution < 1.29 is 13.9 Å². The molecule has 0 saturated heterocycles. The summed E-state index contributed by atoms with van der Waals surface area (Å²) in [5, 5.41) is 10.7. The molecule has 0 aliphatic heterocycles. The SMILES string of the molecule is Cc1ccc(Cl)cc1C(O)Cc1ccc(F)cc1F. The molecule has 0 aliphatic rings. The highest BCUT2D eigenvalue weighted by atomic mass is 35.5. The van der Waals surface area contributed by atoms with Gasteiger partial charge in [-0.2, -0.15) is 0 Å². The average Bonchev–Trinajstić information content (AvgIpc) is 2.35. The van der Waals surface area contributed by atoms with Crippen molar-refractivity contribution in [1.29, 1.82) is 0 Å². The van der Waals surface area contributed by atoms with Gasteiger partial charge in [0.2, 0.25) is 0 Å². The highest BCUT2D eigenvalue weighted by molar-refractivity contribution is 6.30. The van der Waals surface area contributed by atoms with Crippen LogP contribution < -0.4 is 0 Å². The Morgan fingerprint density at radius 1 is 1.16 bits per heavy atom. The Labute approximate surface area is 115 Å². The molecule has 0 aliphatic carbocycles. The molecule has 1 unspecified atom stereocenters. The summed E-state index contributed by atoms with van der Waals surface area (Å²) in [5.41, 5.74) is 1.80. The fourth-order valence-corrected chi connectivity index (χ4v) is 2.16. The molecule has 1 N–H and O–H groups in total. The molecule has 0 fully saturated rings. The van der Waals surface area contributed by atoms with E-state index < -0.39 is 17.7 Å². The maximum atomic E-state index is 13.5. The molecule has 2 aromatic carbocycles. The van der Waals surface area contributed by atoms with Gasteiger partial charge in [-0.05, 0) is 41.8 Å². The summed E-state index contributed by atoms with van der Waals surface area (Å²) in [4.78, 5) is 0. The van der Waals surface area contributed by atoms with Gasteiger partial charge in [-0.1, -0.05) is 23.7 Å².